The summed E-state index contributed by atoms with van der Waals surface area (Å²) in [6, 6.07) is 6.85. The van der Waals surface area contributed by atoms with Crippen LogP contribution in [0.2, 0.25) is 10.0 Å². The average molecular weight is 243 g/mol. The third-order valence-corrected chi connectivity index (χ3v) is 2.93. The van der Waals surface area contributed by atoms with E-state index in [0.717, 1.165) is 5.56 Å². The monoisotopic (exact) mass is 242 g/mol. The fraction of sp³-hybridized carbons (Fsp3) is 0.364. The van der Waals surface area contributed by atoms with Crippen molar-refractivity contribution in [3.8, 4) is 6.07 Å². The Balaban J connectivity index is 3.13. The average Bonchev–Trinajstić information content (AvgIpc) is 2.17. The van der Waals surface area contributed by atoms with E-state index in [-0.39, 0.29) is 0 Å². The summed E-state index contributed by atoms with van der Waals surface area (Å²) in [5.74, 6) is 0. The Labute approximate surface area is 99.6 Å². The van der Waals surface area contributed by atoms with Gasteiger partial charge in [-0.2, -0.15) is 5.26 Å². The molecule has 2 nitrogen and oxygen atoms in total. The predicted octanol–water partition coefficient (Wildman–Crippen LogP) is 3.54. The minimum atomic E-state index is -0.655. The molecule has 0 aliphatic carbocycles. The molecule has 0 radical (unpaired) electrons. The van der Waals surface area contributed by atoms with Crippen molar-refractivity contribution in [3.63, 3.8) is 0 Å². The van der Waals surface area contributed by atoms with Gasteiger partial charge in [-0.25, -0.2) is 0 Å². The number of nitriles is 1. The number of hydrogen-bond acceptors (Lipinski definition) is 2. The van der Waals surface area contributed by atoms with Crippen LogP contribution < -0.4 is 5.73 Å². The number of benzene rings is 1. The van der Waals surface area contributed by atoms with E-state index in [1.165, 1.54) is 0 Å². The van der Waals surface area contributed by atoms with Gasteiger partial charge in [-0.3, -0.25) is 0 Å². The van der Waals surface area contributed by atoms with E-state index in [1.807, 2.05) is 0 Å². The Morgan fingerprint density at radius 1 is 1.40 bits per heavy atom. The molecule has 0 fully saturated rings. The van der Waals surface area contributed by atoms with Crippen molar-refractivity contribution >= 4 is 23.2 Å². The second-order valence-electron chi connectivity index (χ2n) is 3.98. The molecule has 0 spiro atoms. The largest absolute Gasteiger partial charge is 0.323 e. The van der Waals surface area contributed by atoms with E-state index >= 15 is 0 Å². The maximum Gasteiger partial charge on any atom is 0.0710 e. The van der Waals surface area contributed by atoms with E-state index in [9.17, 15) is 0 Å². The molecule has 80 valence electrons. The standard InChI is InChI=1S/C11H12Cl2N2/c1-11(2,6-14)10(15)8-4-3-7(12)5-9(8)13/h3-5,10H,15H2,1-2H3. The Hall–Kier alpha value is -0.750. The number of halogens is 2. The first-order valence-corrected chi connectivity index (χ1v) is 5.26. The summed E-state index contributed by atoms with van der Waals surface area (Å²) < 4.78 is 0. The molecule has 1 rings (SSSR count). The van der Waals surface area contributed by atoms with Crippen LogP contribution in [0.5, 0.6) is 0 Å². The van der Waals surface area contributed by atoms with Crippen LogP contribution in [0.1, 0.15) is 25.5 Å². The molecule has 1 unspecified atom stereocenters. The van der Waals surface area contributed by atoms with Crippen LogP contribution in [0.4, 0.5) is 0 Å². The van der Waals surface area contributed by atoms with Crippen LogP contribution in [0.15, 0.2) is 18.2 Å². The Kier molecular flexibility index (Phi) is 3.62. The lowest BCUT2D eigenvalue weighted by Crippen LogP contribution is -2.27. The molecule has 2 N–H and O–H groups in total. The van der Waals surface area contributed by atoms with Crippen LogP contribution in [-0.4, -0.2) is 0 Å². The van der Waals surface area contributed by atoms with Gasteiger partial charge in [0.05, 0.1) is 11.5 Å². The molecule has 1 aromatic carbocycles. The van der Waals surface area contributed by atoms with Crippen LogP contribution in [0.3, 0.4) is 0 Å². The molecule has 0 aliphatic rings. The molecular weight excluding hydrogens is 231 g/mol. The Morgan fingerprint density at radius 3 is 2.47 bits per heavy atom. The van der Waals surface area contributed by atoms with Gasteiger partial charge in [0.1, 0.15) is 0 Å². The van der Waals surface area contributed by atoms with Crippen molar-refractivity contribution in [2.45, 2.75) is 19.9 Å². The van der Waals surface area contributed by atoms with Crippen LogP contribution in [-0.2, 0) is 0 Å². The highest BCUT2D eigenvalue weighted by atomic mass is 35.5. The maximum atomic E-state index is 8.97. The molecular formula is C11H12Cl2N2. The third-order valence-electron chi connectivity index (χ3n) is 2.36. The van der Waals surface area contributed by atoms with Gasteiger partial charge in [-0.05, 0) is 31.5 Å². The lowest BCUT2D eigenvalue weighted by atomic mass is 9.82. The fourth-order valence-corrected chi connectivity index (χ4v) is 1.74. The van der Waals surface area contributed by atoms with Gasteiger partial charge < -0.3 is 5.73 Å². The Bertz CT molecular complexity index is 408. The molecule has 0 aliphatic heterocycles. The highest BCUT2D eigenvalue weighted by Gasteiger charge is 2.28. The van der Waals surface area contributed by atoms with Crippen molar-refractivity contribution in [2.24, 2.45) is 11.1 Å². The molecule has 0 saturated heterocycles. The SMILES string of the molecule is CC(C)(C#N)C(N)c1ccc(Cl)cc1Cl. The van der Waals surface area contributed by atoms with Crippen molar-refractivity contribution in [2.75, 3.05) is 0 Å². The van der Waals surface area contributed by atoms with E-state index in [1.54, 1.807) is 32.0 Å². The fourth-order valence-electron chi connectivity index (χ4n) is 1.21. The van der Waals surface area contributed by atoms with Crippen molar-refractivity contribution in [3.05, 3.63) is 33.8 Å². The molecule has 0 amide bonds. The van der Waals surface area contributed by atoms with E-state index in [4.69, 9.17) is 34.2 Å². The van der Waals surface area contributed by atoms with Crippen molar-refractivity contribution < 1.29 is 0 Å². The zero-order valence-electron chi connectivity index (χ0n) is 8.59. The number of nitrogens with zero attached hydrogens (tertiary/aromatic N) is 1. The van der Waals surface area contributed by atoms with Gasteiger partial charge >= 0.3 is 0 Å². The minimum Gasteiger partial charge on any atom is -0.323 e. The zero-order valence-corrected chi connectivity index (χ0v) is 10.1. The van der Waals surface area contributed by atoms with E-state index in [2.05, 4.69) is 6.07 Å². The van der Waals surface area contributed by atoms with Crippen LogP contribution >= 0.6 is 23.2 Å². The topological polar surface area (TPSA) is 49.8 Å². The molecule has 15 heavy (non-hydrogen) atoms. The zero-order chi connectivity index (χ0) is 11.6. The summed E-state index contributed by atoms with van der Waals surface area (Å²) in [5.41, 5.74) is 6.07. The van der Waals surface area contributed by atoms with Crippen molar-refractivity contribution in [1.82, 2.24) is 0 Å². The molecule has 4 heteroatoms. The second kappa shape index (κ2) is 4.40. The number of hydrogen-bond donors (Lipinski definition) is 1. The number of rotatable bonds is 2. The van der Waals surface area contributed by atoms with E-state index in [0.29, 0.717) is 10.0 Å². The summed E-state index contributed by atoms with van der Waals surface area (Å²) in [4.78, 5) is 0. The van der Waals surface area contributed by atoms with Gasteiger partial charge in [-0.1, -0.05) is 29.3 Å². The predicted molar refractivity (Wildman–Crippen MR) is 62.8 cm³/mol. The maximum absolute atomic E-state index is 8.97. The first-order valence-electron chi connectivity index (χ1n) is 4.50. The first-order chi connectivity index (χ1) is 6.88. The van der Waals surface area contributed by atoms with Gasteiger partial charge in [0.15, 0.2) is 0 Å². The normalized spacial score (nSPS) is 13.3. The first kappa shape index (κ1) is 12.3. The molecule has 1 aromatic rings. The molecule has 0 saturated carbocycles. The third kappa shape index (κ3) is 2.63. The minimum absolute atomic E-state index is 0.424. The quantitative estimate of drug-likeness (QED) is 0.863. The number of nitrogens with two attached hydrogens (primary N) is 1. The molecule has 0 heterocycles. The molecule has 0 aromatic heterocycles. The lowest BCUT2D eigenvalue weighted by Gasteiger charge is -2.25. The molecule has 0 bridgehead atoms. The summed E-state index contributed by atoms with van der Waals surface area (Å²) in [6.07, 6.45) is 0. The lowest BCUT2D eigenvalue weighted by molar-refractivity contribution is 0.394. The van der Waals surface area contributed by atoms with E-state index < -0.39 is 11.5 Å². The van der Waals surface area contributed by atoms with Crippen molar-refractivity contribution in [1.29, 1.82) is 5.26 Å². The summed E-state index contributed by atoms with van der Waals surface area (Å²) >= 11 is 11.8. The smallest absolute Gasteiger partial charge is 0.0710 e. The van der Waals surface area contributed by atoms with Crippen LogP contribution in [0, 0.1) is 16.7 Å². The van der Waals surface area contributed by atoms with Gasteiger partial charge in [-0.15, -0.1) is 0 Å². The van der Waals surface area contributed by atoms with Crippen LogP contribution in [0.25, 0.3) is 0 Å². The molecule has 1 atom stereocenters. The van der Waals surface area contributed by atoms with Gasteiger partial charge in [0.2, 0.25) is 0 Å². The Morgan fingerprint density at radius 2 is 2.00 bits per heavy atom. The summed E-state index contributed by atoms with van der Waals surface area (Å²) in [5, 5.41) is 10.0. The summed E-state index contributed by atoms with van der Waals surface area (Å²) in [7, 11) is 0. The van der Waals surface area contributed by atoms with Gasteiger partial charge in [0.25, 0.3) is 0 Å². The second-order valence-corrected chi connectivity index (χ2v) is 4.82. The highest BCUT2D eigenvalue weighted by molar-refractivity contribution is 6.35. The van der Waals surface area contributed by atoms with Gasteiger partial charge in [0, 0.05) is 16.1 Å². The highest BCUT2D eigenvalue weighted by Crippen LogP contribution is 2.35. The summed E-state index contributed by atoms with van der Waals surface area (Å²) in [6.45, 7) is 3.56.